The van der Waals surface area contributed by atoms with E-state index in [0.29, 0.717) is 5.69 Å². The second kappa shape index (κ2) is 6.50. The number of aromatic amines is 1. The number of ether oxygens (including phenoxy) is 1. The van der Waals surface area contributed by atoms with Crippen LogP contribution in [-0.4, -0.2) is 30.7 Å². The Morgan fingerprint density at radius 2 is 1.74 bits per heavy atom. The molecule has 0 aliphatic carbocycles. The third-order valence-electron chi connectivity index (χ3n) is 2.68. The van der Waals surface area contributed by atoms with Crippen LogP contribution >= 0.6 is 0 Å². The highest BCUT2D eigenvalue weighted by Crippen LogP contribution is 2.43. The SMILES string of the molecule is CCOC(=O)NC(Nc1cccc(C)[nH+]1)(C(F)(F)F)C(F)(F)F. The first-order chi connectivity index (χ1) is 10.4. The summed E-state index contributed by atoms with van der Waals surface area (Å²) >= 11 is 0. The fourth-order valence-electron chi connectivity index (χ4n) is 1.66. The molecule has 0 saturated carbocycles. The lowest BCUT2D eigenvalue weighted by molar-refractivity contribution is -0.376. The van der Waals surface area contributed by atoms with Crippen LogP contribution in [0.5, 0.6) is 0 Å². The quantitative estimate of drug-likeness (QED) is 0.651. The van der Waals surface area contributed by atoms with Crippen LogP contribution in [0.4, 0.5) is 37.0 Å². The molecule has 1 aromatic rings. The second-order valence-electron chi connectivity index (χ2n) is 4.46. The van der Waals surface area contributed by atoms with Gasteiger partial charge in [0.15, 0.2) is 0 Å². The van der Waals surface area contributed by atoms with Crippen molar-refractivity contribution in [2.45, 2.75) is 31.9 Å². The van der Waals surface area contributed by atoms with Crippen LogP contribution in [-0.2, 0) is 4.74 Å². The molecule has 0 aliphatic heterocycles. The Labute approximate surface area is 127 Å². The van der Waals surface area contributed by atoms with E-state index in [1.165, 1.54) is 31.3 Å². The molecule has 0 aromatic carbocycles. The summed E-state index contributed by atoms with van der Waals surface area (Å²) in [4.78, 5) is 13.5. The number of hydrogen-bond acceptors (Lipinski definition) is 3. The number of pyridine rings is 1. The van der Waals surface area contributed by atoms with Crippen molar-refractivity contribution in [2.75, 3.05) is 11.9 Å². The van der Waals surface area contributed by atoms with Crippen molar-refractivity contribution in [2.24, 2.45) is 0 Å². The number of anilines is 1. The van der Waals surface area contributed by atoms with Gasteiger partial charge >= 0.3 is 24.1 Å². The molecule has 11 heteroatoms. The molecule has 0 saturated heterocycles. The highest BCUT2D eigenvalue weighted by molar-refractivity contribution is 5.69. The van der Waals surface area contributed by atoms with Crippen LogP contribution in [0, 0.1) is 6.92 Å². The van der Waals surface area contributed by atoms with E-state index in [4.69, 9.17) is 0 Å². The van der Waals surface area contributed by atoms with Gasteiger partial charge in [-0.15, -0.1) is 0 Å². The van der Waals surface area contributed by atoms with Gasteiger partial charge in [-0.1, -0.05) is 6.07 Å². The molecule has 0 fully saturated rings. The Kier molecular flexibility index (Phi) is 5.33. The number of alkyl carbamates (subject to hydrolysis) is 1. The molecular formula is C12H14F6N3O2+. The number of nitrogens with one attached hydrogen (secondary N) is 3. The number of aromatic nitrogens is 1. The molecular weight excluding hydrogens is 332 g/mol. The van der Waals surface area contributed by atoms with Gasteiger partial charge in [0.25, 0.3) is 5.82 Å². The summed E-state index contributed by atoms with van der Waals surface area (Å²) in [6.45, 7) is 2.28. The predicted molar refractivity (Wildman–Crippen MR) is 66.4 cm³/mol. The van der Waals surface area contributed by atoms with Crippen molar-refractivity contribution in [3.8, 4) is 0 Å². The van der Waals surface area contributed by atoms with Gasteiger partial charge < -0.3 is 4.74 Å². The van der Waals surface area contributed by atoms with Gasteiger partial charge in [-0.2, -0.15) is 26.3 Å². The smallest absolute Gasteiger partial charge is 0.450 e. The average molecular weight is 346 g/mol. The standard InChI is InChI=1S/C12H13F6N3O2/c1-3-23-9(22)21-10(11(13,14)15,12(16,17)18)20-8-6-4-5-7(2)19-8/h4-6H,3H2,1-2H3,(H,19,20)(H,21,22)/p+1. The summed E-state index contributed by atoms with van der Waals surface area (Å²) in [5.41, 5.74) is -4.40. The van der Waals surface area contributed by atoms with Crippen molar-refractivity contribution in [3.63, 3.8) is 0 Å². The summed E-state index contributed by atoms with van der Waals surface area (Å²) in [5.74, 6) is -0.587. The van der Waals surface area contributed by atoms with Crippen LogP contribution in [0.25, 0.3) is 0 Å². The Morgan fingerprint density at radius 3 is 2.17 bits per heavy atom. The molecule has 0 radical (unpaired) electrons. The summed E-state index contributed by atoms with van der Waals surface area (Å²) in [7, 11) is 0. The highest BCUT2D eigenvalue weighted by atomic mass is 19.4. The molecule has 1 rings (SSSR count). The zero-order chi connectivity index (χ0) is 17.9. The normalized spacial score (nSPS) is 12.7. The van der Waals surface area contributed by atoms with Crippen LogP contribution in [0.2, 0.25) is 0 Å². The van der Waals surface area contributed by atoms with Crippen molar-refractivity contribution in [1.82, 2.24) is 5.32 Å². The number of halogens is 6. The van der Waals surface area contributed by atoms with E-state index in [1.807, 2.05) is 0 Å². The van der Waals surface area contributed by atoms with Gasteiger partial charge in [0.05, 0.1) is 12.3 Å². The van der Waals surface area contributed by atoms with Crippen LogP contribution in [0.15, 0.2) is 18.2 Å². The van der Waals surface area contributed by atoms with E-state index < -0.39 is 36.5 Å². The molecule has 130 valence electrons. The Hall–Kier alpha value is -2.20. The van der Waals surface area contributed by atoms with Gasteiger partial charge in [-0.25, -0.2) is 15.1 Å². The number of carbonyl (C=O) groups excluding carboxylic acids is 1. The Balaban J connectivity index is 3.35. The third kappa shape index (κ3) is 4.17. The molecule has 5 nitrogen and oxygen atoms in total. The minimum Gasteiger partial charge on any atom is -0.450 e. The minimum atomic E-state index is -5.89. The summed E-state index contributed by atoms with van der Waals surface area (Å²) < 4.78 is 83.3. The van der Waals surface area contributed by atoms with E-state index in [9.17, 15) is 31.1 Å². The number of amides is 1. The van der Waals surface area contributed by atoms with E-state index in [2.05, 4.69) is 9.72 Å². The fraction of sp³-hybridized carbons (Fsp3) is 0.500. The molecule has 0 atom stereocenters. The number of carbonyl (C=O) groups is 1. The lowest BCUT2D eigenvalue weighted by atomic mass is 10.1. The molecule has 1 heterocycles. The number of hydrogen-bond donors (Lipinski definition) is 2. The average Bonchev–Trinajstić information content (AvgIpc) is 2.35. The van der Waals surface area contributed by atoms with E-state index in [0.717, 1.165) is 11.4 Å². The lowest BCUT2D eigenvalue weighted by Crippen LogP contribution is -2.72. The van der Waals surface area contributed by atoms with Gasteiger partial charge in [-0.3, -0.25) is 5.32 Å². The molecule has 0 spiro atoms. The zero-order valence-corrected chi connectivity index (χ0v) is 12.0. The van der Waals surface area contributed by atoms with Crippen LogP contribution in [0.3, 0.4) is 0 Å². The van der Waals surface area contributed by atoms with Crippen LogP contribution < -0.4 is 15.6 Å². The van der Waals surface area contributed by atoms with Crippen molar-refractivity contribution in [3.05, 3.63) is 23.9 Å². The molecule has 0 bridgehead atoms. The summed E-state index contributed by atoms with van der Waals surface area (Å²) in [5, 5.41) is 2.12. The van der Waals surface area contributed by atoms with Crippen molar-refractivity contribution in [1.29, 1.82) is 0 Å². The van der Waals surface area contributed by atoms with Crippen molar-refractivity contribution < 1.29 is 40.9 Å². The first-order valence-electron chi connectivity index (χ1n) is 6.28. The molecule has 0 unspecified atom stereocenters. The van der Waals surface area contributed by atoms with Gasteiger partial charge in [0, 0.05) is 6.07 Å². The number of rotatable bonds is 4. The first-order valence-corrected chi connectivity index (χ1v) is 6.28. The molecule has 1 amide bonds. The maximum atomic E-state index is 13.2. The zero-order valence-electron chi connectivity index (χ0n) is 12.0. The molecule has 3 N–H and O–H groups in total. The number of aryl methyl sites for hydroxylation is 1. The second-order valence-corrected chi connectivity index (χ2v) is 4.46. The van der Waals surface area contributed by atoms with Gasteiger partial charge in [-0.05, 0) is 19.9 Å². The highest BCUT2D eigenvalue weighted by Gasteiger charge is 2.77. The third-order valence-corrected chi connectivity index (χ3v) is 2.68. The predicted octanol–water partition coefficient (Wildman–Crippen LogP) is 2.79. The topological polar surface area (TPSA) is 64.5 Å². The van der Waals surface area contributed by atoms with Gasteiger partial charge in [0.2, 0.25) is 0 Å². The minimum absolute atomic E-state index is 0.310. The van der Waals surface area contributed by atoms with Crippen molar-refractivity contribution >= 4 is 11.9 Å². The lowest BCUT2D eigenvalue weighted by Gasteiger charge is -2.33. The number of H-pyrrole nitrogens is 1. The maximum Gasteiger partial charge on any atom is 0.462 e. The summed E-state index contributed by atoms with van der Waals surface area (Å²) in [6, 6.07) is 3.65. The fourth-order valence-corrected chi connectivity index (χ4v) is 1.66. The summed E-state index contributed by atoms with van der Waals surface area (Å²) in [6.07, 6.45) is -13.6. The first kappa shape index (κ1) is 18.8. The Morgan fingerprint density at radius 1 is 1.17 bits per heavy atom. The molecule has 23 heavy (non-hydrogen) atoms. The largest absolute Gasteiger partial charge is 0.462 e. The number of alkyl halides is 6. The van der Waals surface area contributed by atoms with E-state index in [-0.39, 0.29) is 0 Å². The van der Waals surface area contributed by atoms with E-state index in [1.54, 1.807) is 0 Å². The monoisotopic (exact) mass is 346 g/mol. The van der Waals surface area contributed by atoms with E-state index >= 15 is 0 Å². The van der Waals surface area contributed by atoms with Gasteiger partial charge in [0.1, 0.15) is 0 Å². The molecule has 0 aliphatic rings. The molecule has 1 aromatic heterocycles. The maximum absolute atomic E-state index is 13.2. The Bertz CT molecular complexity index is 544. The van der Waals surface area contributed by atoms with Crippen LogP contribution in [0.1, 0.15) is 12.6 Å².